The van der Waals surface area contributed by atoms with E-state index in [4.69, 9.17) is 9.84 Å². The van der Waals surface area contributed by atoms with Crippen LogP contribution in [0.25, 0.3) is 0 Å². The number of ether oxygens (including phenoxy) is 1. The highest BCUT2D eigenvalue weighted by Gasteiger charge is 2.27. The van der Waals surface area contributed by atoms with Gasteiger partial charge in [0.1, 0.15) is 11.4 Å². The quantitative estimate of drug-likeness (QED) is 0.525. The van der Waals surface area contributed by atoms with Gasteiger partial charge in [-0.15, -0.1) is 0 Å². The SMILES string of the molecule is COc1ccccc1CCN(CCCCC(=O)O)C1CCCc2nc(C(=O)O)ccc21. The van der Waals surface area contributed by atoms with Crippen LogP contribution >= 0.6 is 0 Å². The minimum absolute atomic E-state index is 0.0847. The summed E-state index contributed by atoms with van der Waals surface area (Å²) in [5, 5.41) is 18.2. The zero-order valence-electron chi connectivity index (χ0n) is 17.9. The molecule has 31 heavy (non-hydrogen) atoms. The number of hydrogen-bond donors (Lipinski definition) is 2. The van der Waals surface area contributed by atoms with Crippen LogP contribution in [0.3, 0.4) is 0 Å². The summed E-state index contributed by atoms with van der Waals surface area (Å²) in [5.41, 5.74) is 3.18. The lowest BCUT2D eigenvalue weighted by Crippen LogP contribution is -2.34. The van der Waals surface area contributed by atoms with E-state index < -0.39 is 11.9 Å². The Labute approximate surface area is 182 Å². The summed E-state index contributed by atoms with van der Waals surface area (Å²) >= 11 is 0. The van der Waals surface area contributed by atoms with Gasteiger partial charge in [0.15, 0.2) is 0 Å². The fourth-order valence-electron chi connectivity index (χ4n) is 4.32. The minimum atomic E-state index is -1.01. The molecular formula is C24H30N2O5. The van der Waals surface area contributed by atoms with Gasteiger partial charge in [-0.05, 0) is 68.3 Å². The average Bonchev–Trinajstić information content (AvgIpc) is 2.78. The smallest absolute Gasteiger partial charge is 0.354 e. The number of hydrogen-bond acceptors (Lipinski definition) is 5. The number of aromatic carboxylic acids is 1. The molecule has 0 spiro atoms. The van der Waals surface area contributed by atoms with E-state index in [1.807, 2.05) is 24.3 Å². The monoisotopic (exact) mass is 426 g/mol. The number of rotatable bonds is 11. The first-order chi connectivity index (χ1) is 15.0. The topological polar surface area (TPSA) is 100.0 Å². The van der Waals surface area contributed by atoms with Crippen molar-refractivity contribution in [3.05, 3.63) is 58.9 Å². The van der Waals surface area contributed by atoms with Crippen LogP contribution in [0.1, 0.15) is 65.5 Å². The zero-order valence-corrected chi connectivity index (χ0v) is 17.9. The van der Waals surface area contributed by atoms with Gasteiger partial charge in [0, 0.05) is 24.7 Å². The molecule has 1 aromatic heterocycles. The Morgan fingerprint density at radius 3 is 2.68 bits per heavy atom. The fraction of sp³-hybridized carbons (Fsp3) is 0.458. The molecular weight excluding hydrogens is 396 g/mol. The molecule has 2 N–H and O–H groups in total. The van der Waals surface area contributed by atoms with Crippen molar-refractivity contribution in [3.63, 3.8) is 0 Å². The Morgan fingerprint density at radius 1 is 1.13 bits per heavy atom. The highest BCUT2D eigenvalue weighted by molar-refractivity contribution is 5.85. The van der Waals surface area contributed by atoms with Crippen molar-refractivity contribution in [2.75, 3.05) is 20.2 Å². The average molecular weight is 427 g/mol. The van der Waals surface area contributed by atoms with Crippen LogP contribution in [0.4, 0.5) is 0 Å². The van der Waals surface area contributed by atoms with Gasteiger partial charge in [-0.1, -0.05) is 24.3 Å². The van der Waals surface area contributed by atoms with Crippen molar-refractivity contribution in [1.29, 1.82) is 0 Å². The molecule has 3 rings (SSSR count). The van der Waals surface area contributed by atoms with Crippen molar-refractivity contribution < 1.29 is 24.5 Å². The third kappa shape index (κ3) is 6.04. The number of aromatic nitrogens is 1. The van der Waals surface area contributed by atoms with Gasteiger partial charge in [0.2, 0.25) is 0 Å². The van der Waals surface area contributed by atoms with E-state index in [9.17, 15) is 14.7 Å². The van der Waals surface area contributed by atoms with E-state index in [0.29, 0.717) is 6.42 Å². The van der Waals surface area contributed by atoms with Crippen LogP contribution < -0.4 is 4.74 Å². The fourth-order valence-corrected chi connectivity index (χ4v) is 4.32. The zero-order chi connectivity index (χ0) is 22.2. The Morgan fingerprint density at radius 2 is 1.94 bits per heavy atom. The molecule has 0 aliphatic heterocycles. The van der Waals surface area contributed by atoms with Gasteiger partial charge in [0.25, 0.3) is 0 Å². The van der Waals surface area contributed by atoms with Gasteiger partial charge in [0.05, 0.1) is 7.11 Å². The first-order valence-electron chi connectivity index (χ1n) is 10.8. The van der Waals surface area contributed by atoms with E-state index in [2.05, 4.69) is 16.0 Å². The lowest BCUT2D eigenvalue weighted by Gasteiger charge is -2.36. The number of aryl methyl sites for hydroxylation is 1. The van der Waals surface area contributed by atoms with Crippen LogP contribution in [-0.2, 0) is 17.6 Å². The van der Waals surface area contributed by atoms with Crippen molar-refractivity contribution in [2.24, 2.45) is 0 Å². The van der Waals surface area contributed by atoms with Crippen LogP contribution in [0, 0.1) is 0 Å². The Hall–Kier alpha value is -2.93. The maximum Gasteiger partial charge on any atom is 0.354 e. The second-order valence-corrected chi connectivity index (χ2v) is 7.89. The van der Waals surface area contributed by atoms with Gasteiger partial charge >= 0.3 is 11.9 Å². The predicted octanol–water partition coefficient (Wildman–Crippen LogP) is 3.97. The maximum absolute atomic E-state index is 11.3. The summed E-state index contributed by atoms with van der Waals surface area (Å²) in [6.07, 6.45) is 5.13. The van der Waals surface area contributed by atoms with Crippen molar-refractivity contribution in [3.8, 4) is 5.75 Å². The molecule has 0 saturated heterocycles. The van der Waals surface area contributed by atoms with Gasteiger partial charge in [-0.2, -0.15) is 0 Å². The highest BCUT2D eigenvalue weighted by atomic mass is 16.5. The summed E-state index contributed by atoms with van der Waals surface area (Å²) < 4.78 is 5.49. The number of nitrogens with zero attached hydrogens (tertiary/aromatic N) is 2. The summed E-state index contributed by atoms with van der Waals surface area (Å²) in [6, 6.07) is 11.6. The number of para-hydroxylation sites is 1. The van der Waals surface area contributed by atoms with Gasteiger partial charge < -0.3 is 14.9 Å². The molecule has 0 saturated carbocycles. The molecule has 0 fully saturated rings. The molecule has 0 radical (unpaired) electrons. The lowest BCUT2D eigenvalue weighted by molar-refractivity contribution is -0.137. The third-order valence-corrected chi connectivity index (χ3v) is 5.87. The highest BCUT2D eigenvalue weighted by Crippen LogP contribution is 2.34. The molecule has 166 valence electrons. The van der Waals surface area contributed by atoms with Crippen molar-refractivity contribution in [1.82, 2.24) is 9.88 Å². The van der Waals surface area contributed by atoms with Crippen LogP contribution in [0.5, 0.6) is 5.75 Å². The lowest BCUT2D eigenvalue weighted by atomic mass is 9.89. The first-order valence-corrected chi connectivity index (χ1v) is 10.8. The largest absolute Gasteiger partial charge is 0.496 e. The molecule has 1 aliphatic rings. The van der Waals surface area contributed by atoms with E-state index in [0.717, 1.165) is 67.8 Å². The number of carbonyl (C=O) groups is 2. The number of fused-ring (bicyclic) bond motifs is 1. The molecule has 7 nitrogen and oxygen atoms in total. The van der Waals surface area contributed by atoms with Crippen LogP contribution in [0.15, 0.2) is 36.4 Å². The third-order valence-electron chi connectivity index (χ3n) is 5.87. The van der Waals surface area contributed by atoms with Crippen molar-refractivity contribution >= 4 is 11.9 Å². The van der Waals surface area contributed by atoms with E-state index in [1.54, 1.807) is 13.2 Å². The molecule has 0 bridgehead atoms. The van der Waals surface area contributed by atoms with Crippen LogP contribution in [-0.4, -0.2) is 52.2 Å². The number of benzene rings is 1. The molecule has 1 aromatic carbocycles. The number of pyridine rings is 1. The summed E-state index contributed by atoms with van der Waals surface area (Å²) in [4.78, 5) is 29.0. The van der Waals surface area contributed by atoms with Gasteiger partial charge in [-0.3, -0.25) is 9.69 Å². The Balaban J connectivity index is 1.79. The molecule has 1 aliphatic carbocycles. The number of unbranched alkanes of at least 4 members (excludes halogenated alkanes) is 1. The van der Waals surface area contributed by atoms with E-state index >= 15 is 0 Å². The second-order valence-electron chi connectivity index (χ2n) is 7.89. The minimum Gasteiger partial charge on any atom is -0.496 e. The van der Waals surface area contributed by atoms with Crippen LogP contribution in [0.2, 0.25) is 0 Å². The van der Waals surface area contributed by atoms with Crippen molar-refractivity contribution in [2.45, 2.75) is 51.0 Å². The Bertz CT molecular complexity index is 915. The molecule has 1 unspecified atom stereocenters. The summed E-state index contributed by atoms with van der Waals surface area (Å²) in [7, 11) is 1.67. The van der Waals surface area contributed by atoms with Gasteiger partial charge in [-0.25, -0.2) is 9.78 Å². The molecule has 0 amide bonds. The molecule has 7 heteroatoms. The number of aliphatic carboxylic acids is 1. The number of carboxylic acids is 2. The van der Waals surface area contributed by atoms with E-state index in [1.165, 1.54) is 0 Å². The van der Waals surface area contributed by atoms with E-state index in [-0.39, 0.29) is 18.2 Å². The maximum atomic E-state index is 11.3. The predicted molar refractivity (Wildman–Crippen MR) is 117 cm³/mol. The first kappa shape index (κ1) is 22.7. The number of methoxy groups -OCH3 is 1. The molecule has 1 heterocycles. The Kier molecular flexibility index (Phi) is 8.00. The molecule has 1 atom stereocenters. The summed E-state index contributed by atoms with van der Waals surface area (Å²) in [6.45, 7) is 1.59. The number of carboxylic acid groups (broad SMARTS) is 2. The molecule has 2 aromatic rings. The standard InChI is InChI=1S/C24H30N2O5/c1-31-22-10-3-2-7-17(22)14-16-26(15-5-4-11-23(27)28)21-9-6-8-19-18(21)12-13-20(25-19)24(29)30/h2-3,7,10,12-13,21H,4-6,8-9,11,14-16H2,1H3,(H,27,28)(H,29,30). The second kappa shape index (κ2) is 10.9. The normalized spacial score (nSPS) is 15.5. The summed E-state index contributed by atoms with van der Waals surface area (Å²) in [5.74, 6) is -0.911.